The third kappa shape index (κ3) is 2.57. The number of hydrogen-bond acceptors (Lipinski definition) is 1. The Bertz CT molecular complexity index is 196. The first-order valence-corrected chi connectivity index (χ1v) is 6.22. The molecule has 0 aromatic rings. The van der Waals surface area contributed by atoms with Crippen molar-refractivity contribution < 1.29 is 9.69 Å². The number of nitrogens with one attached hydrogen (secondary N) is 1. The molecule has 80 valence electrons. The summed E-state index contributed by atoms with van der Waals surface area (Å²) in [6.07, 6.45) is 8.60. The van der Waals surface area contributed by atoms with E-state index in [2.05, 4.69) is 0 Å². The van der Waals surface area contributed by atoms with Crippen LogP contribution in [0.15, 0.2) is 0 Å². The number of carbonyl (C=O) groups excluding carboxylic acids is 1. The second-order valence-corrected chi connectivity index (χ2v) is 4.92. The molecule has 1 saturated heterocycles. The average Bonchev–Trinajstić information content (AvgIpc) is 2.23. The van der Waals surface area contributed by atoms with Crippen molar-refractivity contribution in [2.75, 3.05) is 19.6 Å². The molecule has 1 N–H and O–H groups in total. The zero-order valence-electron chi connectivity index (χ0n) is 9.06. The standard InChI is InChI=1S/C12H21NO/c14-12-7-3-2-6-11(12)10-13-8-4-1-5-9-13/h11H,1-10H2/p+1/t11-/m0/s1. The number of Topliss-reactive ketones (excluding diaryl/α,β-unsaturated/α-hetero) is 1. The molecule has 0 bridgehead atoms. The SMILES string of the molecule is O=C1CCCC[C@H]1C[NH+]1CCCCC1. The van der Waals surface area contributed by atoms with Crippen molar-refractivity contribution in [3.63, 3.8) is 0 Å². The second-order valence-electron chi connectivity index (χ2n) is 4.92. The predicted molar refractivity (Wildman–Crippen MR) is 56.4 cm³/mol. The molecule has 0 radical (unpaired) electrons. The van der Waals surface area contributed by atoms with Crippen LogP contribution in [0.1, 0.15) is 44.9 Å². The first-order chi connectivity index (χ1) is 6.86. The maximum atomic E-state index is 11.7. The van der Waals surface area contributed by atoms with Crippen molar-refractivity contribution >= 4 is 5.78 Å². The summed E-state index contributed by atoms with van der Waals surface area (Å²) in [6.45, 7) is 3.76. The summed E-state index contributed by atoms with van der Waals surface area (Å²) in [4.78, 5) is 13.3. The Morgan fingerprint density at radius 2 is 1.86 bits per heavy atom. The van der Waals surface area contributed by atoms with Gasteiger partial charge in [0, 0.05) is 6.42 Å². The summed E-state index contributed by atoms with van der Waals surface area (Å²) < 4.78 is 0. The van der Waals surface area contributed by atoms with E-state index in [1.807, 2.05) is 0 Å². The van der Waals surface area contributed by atoms with Crippen LogP contribution in [0.5, 0.6) is 0 Å². The molecular weight excluding hydrogens is 174 g/mol. The summed E-state index contributed by atoms with van der Waals surface area (Å²) in [5, 5.41) is 0. The van der Waals surface area contributed by atoms with Gasteiger partial charge in [0.1, 0.15) is 5.78 Å². The Balaban J connectivity index is 1.79. The van der Waals surface area contributed by atoms with Crippen LogP contribution in [0.25, 0.3) is 0 Å². The van der Waals surface area contributed by atoms with Crippen molar-refractivity contribution in [1.29, 1.82) is 0 Å². The molecule has 14 heavy (non-hydrogen) atoms. The normalized spacial score (nSPS) is 30.6. The molecule has 2 nitrogen and oxygen atoms in total. The van der Waals surface area contributed by atoms with E-state index in [4.69, 9.17) is 0 Å². The van der Waals surface area contributed by atoms with Crippen LogP contribution < -0.4 is 4.90 Å². The Kier molecular flexibility index (Phi) is 3.57. The lowest BCUT2D eigenvalue weighted by atomic mass is 9.87. The molecule has 0 aromatic heterocycles. The summed E-state index contributed by atoms with van der Waals surface area (Å²) in [5.41, 5.74) is 0. The molecular formula is C12H22NO+. The minimum atomic E-state index is 0.414. The van der Waals surface area contributed by atoms with Crippen LogP contribution in [0.3, 0.4) is 0 Å². The fourth-order valence-electron chi connectivity index (χ4n) is 2.88. The molecule has 1 atom stereocenters. The lowest BCUT2D eigenvalue weighted by Gasteiger charge is -2.28. The van der Waals surface area contributed by atoms with Crippen molar-refractivity contribution in [1.82, 2.24) is 0 Å². The fraction of sp³-hybridized carbons (Fsp3) is 0.917. The van der Waals surface area contributed by atoms with Gasteiger partial charge in [-0.3, -0.25) is 4.79 Å². The summed E-state index contributed by atoms with van der Waals surface area (Å²) in [6, 6.07) is 0. The molecule has 0 unspecified atom stereocenters. The number of likely N-dealkylation sites (tertiary alicyclic amines) is 1. The van der Waals surface area contributed by atoms with Gasteiger partial charge < -0.3 is 4.90 Å². The van der Waals surface area contributed by atoms with E-state index in [0.717, 1.165) is 19.4 Å². The van der Waals surface area contributed by atoms with E-state index in [-0.39, 0.29) is 0 Å². The molecule has 0 amide bonds. The number of quaternary nitrogens is 1. The van der Waals surface area contributed by atoms with Crippen molar-refractivity contribution in [3.05, 3.63) is 0 Å². The van der Waals surface area contributed by atoms with E-state index < -0.39 is 0 Å². The minimum Gasteiger partial charge on any atom is -0.334 e. The van der Waals surface area contributed by atoms with Gasteiger partial charge in [0.15, 0.2) is 0 Å². The topological polar surface area (TPSA) is 21.5 Å². The Labute approximate surface area is 86.7 Å². The summed E-state index contributed by atoms with van der Waals surface area (Å²) in [7, 11) is 0. The zero-order valence-corrected chi connectivity index (χ0v) is 9.06. The molecule has 2 rings (SSSR count). The lowest BCUT2D eigenvalue weighted by Crippen LogP contribution is -3.13. The van der Waals surface area contributed by atoms with Crippen LogP contribution in [-0.2, 0) is 4.79 Å². The number of carbonyl (C=O) groups is 1. The van der Waals surface area contributed by atoms with Gasteiger partial charge in [-0.25, -0.2) is 0 Å². The zero-order chi connectivity index (χ0) is 9.80. The highest BCUT2D eigenvalue weighted by Gasteiger charge is 2.27. The molecule has 2 aliphatic rings. The molecule has 0 aromatic carbocycles. The third-order valence-electron chi connectivity index (χ3n) is 3.78. The Hall–Kier alpha value is -0.370. The van der Waals surface area contributed by atoms with Gasteiger partial charge in [-0.15, -0.1) is 0 Å². The Morgan fingerprint density at radius 1 is 1.07 bits per heavy atom. The average molecular weight is 196 g/mol. The fourth-order valence-corrected chi connectivity index (χ4v) is 2.88. The van der Waals surface area contributed by atoms with Crippen molar-refractivity contribution in [2.24, 2.45) is 5.92 Å². The molecule has 1 aliphatic heterocycles. The van der Waals surface area contributed by atoms with Crippen LogP contribution in [0, 0.1) is 5.92 Å². The van der Waals surface area contributed by atoms with Crippen molar-refractivity contribution in [2.45, 2.75) is 44.9 Å². The predicted octanol–water partition coefficient (Wildman–Crippen LogP) is 0.814. The van der Waals surface area contributed by atoms with Crippen LogP contribution >= 0.6 is 0 Å². The molecule has 1 saturated carbocycles. The van der Waals surface area contributed by atoms with Gasteiger partial charge in [0.05, 0.1) is 25.6 Å². The van der Waals surface area contributed by atoms with E-state index in [9.17, 15) is 4.79 Å². The molecule has 1 aliphatic carbocycles. The smallest absolute Gasteiger partial charge is 0.141 e. The first kappa shape index (κ1) is 10.2. The van der Waals surface area contributed by atoms with Gasteiger partial charge in [-0.2, -0.15) is 0 Å². The maximum absolute atomic E-state index is 11.7. The number of piperidine rings is 1. The monoisotopic (exact) mass is 196 g/mol. The van der Waals surface area contributed by atoms with E-state index in [1.54, 1.807) is 4.90 Å². The van der Waals surface area contributed by atoms with E-state index in [1.165, 1.54) is 45.2 Å². The van der Waals surface area contributed by atoms with Gasteiger partial charge in [-0.1, -0.05) is 6.42 Å². The van der Waals surface area contributed by atoms with E-state index >= 15 is 0 Å². The Morgan fingerprint density at radius 3 is 2.57 bits per heavy atom. The van der Waals surface area contributed by atoms with Crippen LogP contribution in [-0.4, -0.2) is 25.4 Å². The third-order valence-corrected chi connectivity index (χ3v) is 3.78. The molecule has 0 spiro atoms. The van der Waals surface area contributed by atoms with Crippen molar-refractivity contribution in [3.8, 4) is 0 Å². The van der Waals surface area contributed by atoms with Gasteiger partial charge in [-0.05, 0) is 32.1 Å². The highest BCUT2D eigenvalue weighted by molar-refractivity contribution is 5.81. The lowest BCUT2D eigenvalue weighted by molar-refractivity contribution is -0.907. The minimum absolute atomic E-state index is 0.414. The largest absolute Gasteiger partial charge is 0.334 e. The number of rotatable bonds is 2. The highest BCUT2D eigenvalue weighted by Crippen LogP contribution is 2.19. The molecule has 1 heterocycles. The maximum Gasteiger partial charge on any atom is 0.141 e. The second kappa shape index (κ2) is 4.92. The highest BCUT2D eigenvalue weighted by atomic mass is 16.1. The first-order valence-electron chi connectivity index (χ1n) is 6.22. The van der Waals surface area contributed by atoms with Crippen LogP contribution in [0.2, 0.25) is 0 Å². The molecule has 2 heteroatoms. The van der Waals surface area contributed by atoms with Gasteiger partial charge >= 0.3 is 0 Å². The summed E-state index contributed by atoms with van der Waals surface area (Å²) in [5.74, 6) is 0.964. The van der Waals surface area contributed by atoms with Crippen LogP contribution in [0.4, 0.5) is 0 Å². The van der Waals surface area contributed by atoms with Gasteiger partial charge in [0.2, 0.25) is 0 Å². The number of ketones is 1. The summed E-state index contributed by atoms with van der Waals surface area (Å²) >= 11 is 0. The quantitative estimate of drug-likeness (QED) is 0.693. The number of hydrogen-bond donors (Lipinski definition) is 1. The van der Waals surface area contributed by atoms with Gasteiger partial charge in [0.25, 0.3) is 0 Å². The molecule has 2 fully saturated rings. The van der Waals surface area contributed by atoms with E-state index in [0.29, 0.717) is 11.7 Å².